The topological polar surface area (TPSA) is 89.6 Å². The number of carbonyl (C=O) groups excluding carboxylic acids is 1. The molecule has 154 valence electrons. The zero-order chi connectivity index (χ0) is 21.5. The molecule has 7 heteroatoms. The van der Waals surface area contributed by atoms with Crippen molar-refractivity contribution in [3.8, 4) is 5.75 Å². The lowest BCUT2D eigenvalue weighted by atomic mass is 10.0. The molecule has 0 unspecified atom stereocenters. The van der Waals surface area contributed by atoms with Gasteiger partial charge in [0.15, 0.2) is 6.61 Å². The fraction of sp³-hybridized carbons (Fsp3) is 0.0833. The number of nitrogens with zero attached hydrogens (tertiary/aromatic N) is 3. The second-order valence-corrected chi connectivity index (χ2v) is 6.65. The van der Waals surface area contributed by atoms with E-state index in [1.165, 1.54) is 0 Å². The molecule has 0 saturated heterocycles. The van der Waals surface area contributed by atoms with Crippen LogP contribution in [0.5, 0.6) is 5.75 Å². The Morgan fingerprint density at radius 3 is 2.16 bits per heavy atom. The smallest absolute Gasteiger partial charge is 0.275 e. The molecule has 1 N–H and O–H groups in total. The van der Waals surface area contributed by atoms with Gasteiger partial charge in [0, 0.05) is 18.1 Å². The molecule has 0 radical (unpaired) electrons. The van der Waals surface area contributed by atoms with Crippen molar-refractivity contribution in [2.24, 2.45) is 5.10 Å². The van der Waals surface area contributed by atoms with Crippen LogP contribution in [0.25, 0.3) is 0 Å². The van der Waals surface area contributed by atoms with Crippen LogP contribution >= 0.6 is 0 Å². The number of para-hydroxylation sites is 1. The normalized spacial score (nSPS) is 10.4. The molecule has 4 rings (SSSR count). The number of hydrazone groups is 1. The molecular weight excluding hydrogens is 392 g/mol. The molecule has 0 atom stereocenters. The van der Waals surface area contributed by atoms with Gasteiger partial charge < -0.3 is 9.26 Å². The van der Waals surface area contributed by atoms with Gasteiger partial charge in [0.05, 0.1) is 11.3 Å². The molecular formula is C24H20N4O3. The summed E-state index contributed by atoms with van der Waals surface area (Å²) in [4.78, 5) is 17.0. The average molecular weight is 412 g/mol. The summed E-state index contributed by atoms with van der Waals surface area (Å²) in [7, 11) is 0. The minimum atomic E-state index is -0.385. The number of benzene rings is 3. The van der Waals surface area contributed by atoms with Gasteiger partial charge in [-0.25, -0.2) is 5.43 Å². The molecule has 1 heterocycles. The number of hydrogen-bond donors (Lipinski definition) is 1. The third-order valence-corrected chi connectivity index (χ3v) is 4.42. The van der Waals surface area contributed by atoms with Crippen molar-refractivity contribution in [2.75, 3.05) is 0 Å². The molecule has 0 bridgehead atoms. The number of amides is 1. The van der Waals surface area contributed by atoms with Gasteiger partial charge in [0.1, 0.15) is 5.75 Å². The monoisotopic (exact) mass is 412 g/mol. The highest BCUT2D eigenvalue weighted by atomic mass is 16.5. The minimum Gasteiger partial charge on any atom is -0.485 e. The molecule has 4 aromatic rings. The van der Waals surface area contributed by atoms with Crippen molar-refractivity contribution in [2.45, 2.75) is 13.5 Å². The predicted octanol–water partition coefficient (Wildman–Crippen LogP) is 4.14. The maximum atomic E-state index is 12.9. The molecule has 0 aliphatic carbocycles. The Hall–Kier alpha value is -4.26. The Labute approximate surface area is 179 Å². The van der Waals surface area contributed by atoms with Crippen molar-refractivity contribution in [1.82, 2.24) is 15.6 Å². The molecule has 0 aliphatic rings. The first-order valence-corrected chi connectivity index (χ1v) is 9.70. The van der Waals surface area contributed by atoms with Crippen LogP contribution in [0.4, 0.5) is 0 Å². The molecule has 0 fully saturated rings. The molecule has 1 amide bonds. The standard InChI is InChI=1S/C24H20N4O3/c1-17-25-22(28-31-17)16-30-21-15-9-8-14-20(21)24(29)27-26-23(18-10-4-2-5-11-18)19-12-6-3-7-13-19/h2-15H,16H2,1H3,(H,27,29). The number of aryl methyl sites for hydroxylation is 1. The van der Waals surface area contributed by atoms with Gasteiger partial charge in [-0.15, -0.1) is 0 Å². The van der Waals surface area contributed by atoms with Gasteiger partial charge in [-0.2, -0.15) is 10.1 Å². The summed E-state index contributed by atoms with van der Waals surface area (Å²) in [5.41, 5.74) is 5.46. The van der Waals surface area contributed by atoms with Crippen molar-refractivity contribution >= 4 is 11.6 Å². The van der Waals surface area contributed by atoms with E-state index in [1.54, 1.807) is 31.2 Å². The largest absolute Gasteiger partial charge is 0.485 e. The minimum absolute atomic E-state index is 0.0875. The van der Waals surface area contributed by atoms with E-state index in [0.717, 1.165) is 11.1 Å². The molecule has 1 aromatic heterocycles. The summed E-state index contributed by atoms with van der Waals surface area (Å²) in [6, 6.07) is 26.3. The molecule has 0 spiro atoms. The fourth-order valence-corrected chi connectivity index (χ4v) is 2.98. The van der Waals surface area contributed by atoms with Gasteiger partial charge in [0.2, 0.25) is 11.7 Å². The summed E-state index contributed by atoms with van der Waals surface area (Å²) in [6.45, 7) is 1.79. The molecule has 31 heavy (non-hydrogen) atoms. The highest BCUT2D eigenvalue weighted by molar-refractivity contribution is 6.13. The van der Waals surface area contributed by atoms with E-state index in [1.807, 2.05) is 60.7 Å². The number of ether oxygens (including phenoxy) is 1. The lowest BCUT2D eigenvalue weighted by Gasteiger charge is -2.10. The van der Waals surface area contributed by atoms with Crippen LogP contribution in [0, 0.1) is 6.92 Å². The van der Waals surface area contributed by atoms with E-state index < -0.39 is 0 Å². The van der Waals surface area contributed by atoms with E-state index in [2.05, 4.69) is 20.7 Å². The van der Waals surface area contributed by atoms with E-state index in [0.29, 0.717) is 28.7 Å². The second-order valence-electron chi connectivity index (χ2n) is 6.65. The molecule has 3 aromatic carbocycles. The van der Waals surface area contributed by atoms with Crippen LogP contribution in [0.15, 0.2) is 94.6 Å². The highest BCUT2D eigenvalue weighted by Gasteiger charge is 2.14. The summed E-state index contributed by atoms with van der Waals surface area (Å²) in [6.07, 6.45) is 0. The highest BCUT2D eigenvalue weighted by Crippen LogP contribution is 2.19. The number of rotatable bonds is 7. The van der Waals surface area contributed by atoms with Crippen molar-refractivity contribution in [1.29, 1.82) is 0 Å². The zero-order valence-electron chi connectivity index (χ0n) is 16.9. The second kappa shape index (κ2) is 9.49. The maximum absolute atomic E-state index is 12.9. The van der Waals surface area contributed by atoms with Gasteiger partial charge in [0.25, 0.3) is 5.91 Å². The van der Waals surface area contributed by atoms with Gasteiger partial charge in [-0.05, 0) is 12.1 Å². The van der Waals surface area contributed by atoms with Crippen LogP contribution in [-0.2, 0) is 6.61 Å². The maximum Gasteiger partial charge on any atom is 0.275 e. The summed E-state index contributed by atoms with van der Waals surface area (Å²) < 4.78 is 10.7. The van der Waals surface area contributed by atoms with E-state index in [9.17, 15) is 4.79 Å². The van der Waals surface area contributed by atoms with Crippen LogP contribution < -0.4 is 10.2 Å². The molecule has 0 aliphatic heterocycles. The van der Waals surface area contributed by atoms with Crippen LogP contribution in [0.2, 0.25) is 0 Å². The van der Waals surface area contributed by atoms with Crippen molar-refractivity contribution in [3.05, 3.63) is 113 Å². The lowest BCUT2D eigenvalue weighted by molar-refractivity contribution is 0.0950. The number of nitrogens with one attached hydrogen (secondary N) is 1. The number of aromatic nitrogens is 2. The lowest BCUT2D eigenvalue weighted by Crippen LogP contribution is -2.21. The Kier molecular flexibility index (Phi) is 6.13. The fourth-order valence-electron chi connectivity index (χ4n) is 2.98. The van der Waals surface area contributed by atoms with Crippen molar-refractivity contribution < 1.29 is 14.1 Å². The number of carbonyl (C=O) groups is 1. The number of hydrogen-bond acceptors (Lipinski definition) is 6. The Morgan fingerprint density at radius 2 is 1.55 bits per heavy atom. The average Bonchev–Trinajstić information content (AvgIpc) is 3.24. The van der Waals surface area contributed by atoms with E-state index >= 15 is 0 Å². The SMILES string of the molecule is Cc1nc(COc2ccccc2C(=O)NN=C(c2ccccc2)c2ccccc2)no1. The van der Waals surface area contributed by atoms with Crippen molar-refractivity contribution in [3.63, 3.8) is 0 Å². The van der Waals surface area contributed by atoms with Crippen LogP contribution in [0.3, 0.4) is 0 Å². The van der Waals surface area contributed by atoms with Crippen LogP contribution in [-0.4, -0.2) is 21.8 Å². The predicted molar refractivity (Wildman–Crippen MR) is 116 cm³/mol. The zero-order valence-corrected chi connectivity index (χ0v) is 16.9. The Morgan fingerprint density at radius 1 is 0.935 bits per heavy atom. The van der Waals surface area contributed by atoms with Gasteiger partial charge in [-0.1, -0.05) is 78.0 Å². The Bertz CT molecular complexity index is 1150. The Balaban J connectivity index is 1.56. The van der Waals surface area contributed by atoms with Crippen LogP contribution in [0.1, 0.15) is 33.2 Å². The first-order chi connectivity index (χ1) is 15.2. The molecule has 7 nitrogen and oxygen atoms in total. The summed E-state index contributed by atoms with van der Waals surface area (Å²) >= 11 is 0. The summed E-state index contributed by atoms with van der Waals surface area (Å²) in [5.74, 6) is 0.873. The van der Waals surface area contributed by atoms with E-state index in [-0.39, 0.29) is 12.5 Å². The third-order valence-electron chi connectivity index (χ3n) is 4.42. The summed E-state index contributed by atoms with van der Waals surface area (Å²) in [5, 5.41) is 8.22. The van der Waals surface area contributed by atoms with Gasteiger partial charge in [-0.3, -0.25) is 4.79 Å². The first-order valence-electron chi connectivity index (χ1n) is 9.70. The van der Waals surface area contributed by atoms with E-state index in [4.69, 9.17) is 9.26 Å². The first kappa shape index (κ1) is 20.0. The molecule has 0 saturated carbocycles. The quantitative estimate of drug-likeness (QED) is 0.364. The third kappa shape index (κ3) is 5.02. The van der Waals surface area contributed by atoms with Gasteiger partial charge >= 0.3 is 0 Å².